The number of carbonyl (C=O) groups excluding carboxylic acids is 1. The van der Waals surface area contributed by atoms with Gasteiger partial charge in [0.05, 0.1) is 5.56 Å². The average Bonchev–Trinajstić information content (AvgIpc) is 2.67. The number of esters is 1. The van der Waals surface area contributed by atoms with E-state index in [-0.39, 0.29) is 23.3 Å². The third-order valence-corrected chi connectivity index (χ3v) is 5.82. The summed E-state index contributed by atoms with van der Waals surface area (Å²) in [5.74, 6) is -12.9. The first-order valence-electron chi connectivity index (χ1n) is 9.81. The zero-order valence-corrected chi connectivity index (χ0v) is 19.2. The monoisotopic (exact) mass is 475 g/mol. The molecule has 0 unspecified atom stereocenters. The van der Waals surface area contributed by atoms with E-state index in [1.54, 1.807) is 39.8 Å². The number of ether oxygens (including phenoxy) is 1. The Morgan fingerprint density at radius 3 is 1.53 bits per heavy atom. The molecule has 32 heavy (non-hydrogen) atoms. The van der Waals surface area contributed by atoms with Crippen molar-refractivity contribution in [3.8, 4) is 5.75 Å². The summed E-state index contributed by atoms with van der Waals surface area (Å²) in [6.07, 6.45) is 0. The van der Waals surface area contributed by atoms with Crippen molar-refractivity contribution in [2.24, 2.45) is 0 Å². The minimum absolute atomic E-state index is 0.0143. The van der Waals surface area contributed by atoms with Gasteiger partial charge >= 0.3 is 5.97 Å². The molecule has 0 aliphatic rings. The van der Waals surface area contributed by atoms with Crippen LogP contribution in [0, 0.1) is 23.3 Å². The van der Waals surface area contributed by atoms with E-state index in [9.17, 15) is 35.3 Å². The topological polar surface area (TPSA) is 83.5 Å². The van der Waals surface area contributed by atoms with Gasteiger partial charge in [0, 0.05) is 0 Å². The van der Waals surface area contributed by atoms with Crippen LogP contribution in [-0.4, -0.2) is 18.9 Å². The van der Waals surface area contributed by atoms with Gasteiger partial charge in [0.1, 0.15) is 15.0 Å². The fraction of sp³-hybridized carbons (Fsp3) is 0.409. The van der Waals surface area contributed by atoms with Crippen LogP contribution < -0.4 is 4.74 Å². The quantitative estimate of drug-likeness (QED) is 0.175. The van der Waals surface area contributed by atoms with Gasteiger partial charge in [-0.25, -0.2) is 22.0 Å². The Balaban J connectivity index is 2.74. The molecule has 0 amide bonds. The van der Waals surface area contributed by atoms with Crippen molar-refractivity contribution in [2.45, 2.75) is 64.2 Å². The highest BCUT2D eigenvalue weighted by molar-refractivity contribution is 7.85. The summed E-state index contributed by atoms with van der Waals surface area (Å²) in [5.41, 5.74) is 1.91. The van der Waals surface area contributed by atoms with Gasteiger partial charge in [-0.1, -0.05) is 53.7 Å². The summed E-state index contributed by atoms with van der Waals surface area (Å²) in [5, 5.41) is 0. The molecule has 2 aromatic rings. The summed E-state index contributed by atoms with van der Waals surface area (Å²) < 4.78 is 94.4. The molecule has 0 saturated carbocycles. The van der Waals surface area contributed by atoms with Gasteiger partial charge in [-0.15, -0.1) is 0 Å². The van der Waals surface area contributed by atoms with Crippen molar-refractivity contribution < 1.29 is 40.1 Å². The second-order valence-corrected chi connectivity index (χ2v) is 9.61. The molecule has 10 heteroatoms. The van der Waals surface area contributed by atoms with Crippen LogP contribution in [0.3, 0.4) is 0 Å². The molecule has 0 saturated heterocycles. The van der Waals surface area contributed by atoms with Gasteiger partial charge in [0.15, 0.2) is 11.6 Å². The Kier molecular flexibility index (Phi) is 7.41. The van der Waals surface area contributed by atoms with Crippen LogP contribution in [0.25, 0.3) is 0 Å². The van der Waals surface area contributed by atoms with Gasteiger partial charge in [-0.2, -0.15) is 8.78 Å². The van der Waals surface area contributed by atoms with Gasteiger partial charge in [0.2, 0.25) is 17.4 Å². The van der Waals surface area contributed by atoms with Crippen LogP contribution in [0.2, 0.25) is 0 Å². The molecule has 0 aromatic heterocycles. The summed E-state index contributed by atoms with van der Waals surface area (Å²) in [6, 6.07) is 3.50. The van der Waals surface area contributed by atoms with E-state index in [1.807, 2.05) is 13.8 Å². The molecule has 0 radical (unpaired) electrons. The maximum Gasteiger partial charge on any atom is 0.344 e. The summed E-state index contributed by atoms with van der Waals surface area (Å²) in [6.45, 7) is 11.0. The average molecular weight is 475 g/mol. The second kappa shape index (κ2) is 9.19. The van der Waals surface area contributed by atoms with Crippen LogP contribution in [0.5, 0.6) is 5.75 Å². The lowest BCUT2D eigenvalue weighted by atomic mass is 9.84. The number of carbonyl (C=O) groups is 1. The summed E-state index contributed by atoms with van der Waals surface area (Å²) >= 11 is 0. The van der Waals surface area contributed by atoms with E-state index in [0.717, 1.165) is 5.56 Å². The molecule has 0 N–H and O–H groups in total. The summed E-state index contributed by atoms with van der Waals surface area (Å²) in [7, 11) is -5.88. The maximum absolute atomic E-state index is 14.3. The molecular weight excluding hydrogens is 452 g/mol. The number of rotatable bonds is 6. The number of hydrogen-bond donors (Lipinski definition) is 0. The predicted octanol–water partition coefficient (Wildman–Crippen LogP) is 5.74. The number of hydrogen-bond acceptors (Lipinski definition) is 5. The van der Waals surface area contributed by atoms with Crippen molar-refractivity contribution in [3.63, 3.8) is 0 Å². The highest BCUT2D eigenvalue weighted by atomic mass is 32.2. The molecule has 2 rings (SSSR count). The minimum Gasteiger partial charge on any atom is -0.744 e. The van der Waals surface area contributed by atoms with Crippen LogP contribution in [0.4, 0.5) is 17.6 Å². The molecule has 0 aliphatic carbocycles. The van der Waals surface area contributed by atoms with Crippen LogP contribution in [0.15, 0.2) is 17.0 Å². The molecule has 0 bridgehead atoms. The Hall–Kier alpha value is -2.46. The number of benzene rings is 2. The smallest absolute Gasteiger partial charge is 0.344 e. The van der Waals surface area contributed by atoms with Gasteiger partial charge in [-0.05, 0) is 34.4 Å². The molecule has 2 aromatic carbocycles. The van der Waals surface area contributed by atoms with E-state index >= 15 is 0 Å². The molecule has 0 atom stereocenters. The first kappa shape index (κ1) is 25.8. The van der Waals surface area contributed by atoms with E-state index in [0.29, 0.717) is 11.1 Å². The SMILES string of the molecule is CC(C)c1cc(C(C)C)c(C(=O)Oc2c(F)c(F)c(S(=O)(=O)[O-])c(F)c2F)c(C(C)C)c1. The zero-order chi connectivity index (χ0) is 24.7. The van der Waals surface area contributed by atoms with Gasteiger partial charge in [-0.3, -0.25) is 0 Å². The van der Waals surface area contributed by atoms with Crippen molar-refractivity contribution in [2.75, 3.05) is 0 Å². The molecule has 0 spiro atoms. The Morgan fingerprint density at radius 1 is 0.812 bits per heavy atom. The van der Waals surface area contributed by atoms with E-state index < -0.39 is 50.0 Å². The molecule has 0 heterocycles. The standard InChI is InChI=1S/C22H24F4O5S/c1-9(2)12-7-13(10(3)4)15(14(8-12)11(5)6)22(27)31-20-16(23)18(25)21(32(28,29)30)19(26)17(20)24/h7-11H,1-6H3,(H,28,29,30)/p-1. The fourth-order valence-electron chi connectivity index (χ4n) is 3.24. The van der Waals surface area contributed by atoms with Crippen molar-refractivity contribution in [3.05, 3.63) is 57.7 Å². The van der Waals surface area contributed by atoms with Crippen molar-refractivity contribution >= 4 is 16.1 Å². The molecule has 0 aliphatic heterocycles. The Bertz CT molecular complexity index is 1110. The van der Waals surface area contributed by atoms with Crippen LogP contribution in [-0.2, 0) is 10.1 Å². The zero-order valence-electron chi connectivity index (χ0n) is 18.3. The van der Waals surface area contributed by atoms with Gasteiger partial charge in [0.25, 0.3) is 0 Å². The van der Waals surface area contributed by atoms with Crippen LogP contribution >= 0.6 is 0 Å². The van der Waals surface area contributed by atoms with E-state index in [1.165, 1.54) is 0 Å². The first-order valence-corrected chi connectivity index (χ1v) is 11.2. The highest BCUT2D eigenvalue weighted by Crippen LogP contribution is 2.36. The predicted molar refractivity (Wildman–Crippen MR) is 108 cm³/mol. The lowest BCUT2D eigenvalue weighted by molar-refractivity contribution is 0.0713. The van der Waals surface area contributed by atoms with Crippen molar-refractivity contribution in [1.82, 2.24) is 0 Å². The molecule has 5 nitrogen and oxygen atoms in total. The lowest BCUT2D eigenvalue weighted by Gasteiger charge is -2.22. The van der Waals surface area contributed by atoms with Crippen LogP contribution in [0.1, 0.15) is 86.3 Å². The maximum atomic E-state index is 14.3. The third kappa shape index (κ3) is 4.80. The molecule has 0 fully saturated rings. The molecule has 176 valence electrons. The normalized spacial score (nSPS) is 12.2. The third-order valence-electron chi connectivity index (χ3n) is 4.96. The Labute approximate surface area is 184 Å². The second-order valence-electron chi connectivity index (χ2n) is 8.30. The van der Waals surface area contributed by atoms with Gasteiger partial charge < -0.3 is 9.29 Å². The highest BCUT2D eigenvalue weighted by Gasteiger charge is 2.32. The lowest BCUT2D eigenvalue weighted by Crippen LogP contribution is -2.20. The fourth-order valence-corrected chi connectivity index (χ4v) is 3.85. The minimum atomic E-state index is -5.88. The Morgan fingerprint density at radius 2 is 1.22 bits per heavy atom. The largest absolute Gasteiger partial charge is 0.744 e. The van der Waals surface area contributed by atoms with Crippen molar-refractivity contribution in [1.29, 1.82) is 0 Å². The van der Waals surface area contributed by atoms with E-state index in [4.69, 9.17) is 4.74 Å². The molecular formula is C22H23F4O5S-. The summed E-state index contributed by atoms with van der Waals surface area (Å²) in [4.78, 5) is 10.7. The number of halogens is 4. The van der Waals surface area contributed by atoms with E-state index in [2.05, 4.69) is 0 Å². The first-order chi connectivity index (χ1) is 14.6.